The second-order valence-corrected chi connectivity index (χ2v) is 11.1. The van der Waals surface area contributed by atoms with Crippen LogP contribution in [0, 0.1) is 5.41 Å². The molecule has 2 aliphatic heterocycles. The highest BCUT2D eigenvalue weighted by molar-refractivity contribution is 7.81. The van der Waals surface area contributed by atoms with Crippen LogP contribution in [0.4, 0.5) is 4.79 Å². The van der Waals surface area contributed by atoms with Crippen molar-refractivity contribution in [2.75, 3.05) is 20.6 Å². The molecule has 0 aromatic heterocycles. The summed E-state index contributed by atoms with van der Waals surface area (Å²) in [4.78, 5) is 67.3. The Balaban J connectivity index is 2.03. The van der Waals surface area contributed by atoms with Crippen LogP contribution in [0.5, 0.6) is 0 Å². The second-order valence-electron chi connectivity index (χ2n) is 10.4. The van der Waals surface area contributed by atoms with E-state index in [0.717, 1.165) is 4.90 Å². The van der Waals surface area contributed by atoms with Crippen molar-refractivity contribution < 1.29 is 24.0 Å². The number of rotatable bonds is 7. The molecule has 33 heavy (non-hydrogen) atoms. The third-order valence-corrected chi connectivity index (χ3v) is 7.06. The molecule has 6 amide bonds. The van der Waals surface area contributed by atoms with Crippen molar-refractivity contribution in [2.45, 2.75) is 83.3 Å². The predicted octanol–water partition coefficient (Wildman–Crippen LogP) is 0.614. The Labute approximate surface area is 201 Å². The first kappa shape index (κ1) is 26.9. The van der Waals surface area contributed by atoms with E-state index < -0.39 is 40.2 Å². The van der Waals surface area contributed by atoms with Crippen LogP contribution in [0.25, 0.3) is 0 Å². The number of nitrogens with zero attached hydrogens (tertiary/aromatic N) is 3. The Morgan fingerprint density at radius 2 is 1.76 bits per heavy atom. The Bertz CT molecular complexity index is 840. The summed E-state index contributed by atoms with van der Waals surface area (Å²) in [6.45, 7) is 10.9. The molecule has 2 fully saturated rings. The average Bonchev–Trinajstić information content (AvgIpc) is 3.05. The number of likely N-dealkylation sites (N-methyl/N-ethyl adjacent to an activating group) is 2. The molecule has 4 atom stereocenters. The largest absolute Gasteiger partial charge is 0.357 e. The van der Waals surface area contributed by atoms with E-state index in [2.05, 4.69) is 23.3 Å². The smallest absolute Gasteiger partial charge is 0.327 e. The quantitative estimate of drug-likeness (QED) is 0.362. The second kappa shape index (κ2) is 9.52. The highest BCUT2D eigenvalue weighted by atomic mass is 32.1. The Morgan fingerprint density at radius 3 is 2.21 bits per heavy atom. The van der Waals surface area contributed by atoms with Gasteiger partial charge in [0.2, 0.25) is 17.7 Å². The molecule has 2 aliphatic rings. The molecule has 0 aromatic rings. The molecule has 0 aliphatic carbocycles. The highest BCUT2D eigenvalue weighted by Gasteiger charge is 2.50. The lowest BCUT2D eigenvalue weighted by molar-refractivity contribution is -0.144. The minimum atomic E-state index is -0.935. The average molecular weight is 484 g/mol. The molecule has 10 nitrogen and oxygen atoms in total. The lowest BCUT2D eigenvalue weighted by Crippen LogP contribution is -2.57. The van der Waals surface area contributed by atoms with Gasteiger partial charge in [0.1, 0.15) is 17.6 Å². The molecule has 2 N–H and O–H groups in total. The Kier molecular flexibility index (Phi) is 7.77. The van der Waals surface area contributed by atoms with E-state index in [9.17, 15) is 24.0 Å². The maximum atomic E-state index is 13.1. The van der Waals surface area contributed by atoms with Crippen molar-refractivity contribution in [3.05, 3.63) is 0 Å². The van der Waals surface area contributed by atoms with Gasteiger partial charge in [-0.3, -0.25) is 24.1 Å². The van der Waals surface area contributed by atoms with Gasteiger partial charge in [0.25, 0.3) is 5.91 Å². The number of thiol groups is 1. The molecule has 11 heteroatoms. The number of hydrogen-bond acceptors (Lipinski definition) is 6. The maximum Gasteiger partial charge on any atom is 0.327 e. The lowest BCUT2D eigenvalue weighted by Gasteiger charge is -2.38. The highest BCUT2D eigenvalue weighted by Crippen LogP contribution is 2.32. The summed E-state index contributed by atoms with van der Waals surface area (Å²) in [5.74, 6) is -1.35. The fourth-order valence-electron chi connectivity index (χ4n) is 4.36. The molecule has 0 aromatic carbocycles. The summed E-state index contributed by atoms with van der Waals surface area (Å²) in [7, 11) is 3.10. The Morgan fingerprint density at radius 1 is 1.18 bits per heavy atom. The van der Waals surface area contributed by atoms with E-state index in [1.807, 2.05) is 27.7 Å². The van der Waals surface area contributed by atoms with Crippen molar-refractivity contribution in [1.29, 1.82) is 0 Å². The van der Waals surface area contributed by atoms with Gasteiger partial charge >= 0.3 is 6.03 Å². The molecule has 2 heterocycles. The van der Waals surface area contributed by atoms with E-state index >= 15 is 0 Å². The molecule has 0 spiro atoms. The van der Waals surface area contributed by atoms with Crippen LogP contribution < -0.4 is 10.6 Å². The van der Waals surface area contributed by atoms with Gasteiger partial charge in [-0.2, -0.15) is 12.6 Å². The summed E-state index contributed by atoms with van der Waals surface area (Å²) in [5.41, 5.74) is -1.43. The topological polar surface area (TPSA) is 119 Å². The lowest BCUT2D eigenvalue weighted by atomic mass is 9.84. The van der Waals surface area contributed by atoms with Crippen molar-refractivity contribution >= 4 is 42.3 Å². The maximum absolute atomic E-state index is 13.1. The predicted molar refractivity (Wildman–Crippen MR) is 127 cm³/mol. The first-order valence-corrected chi connectivity index (χ1v) is 11.7. The number of likely N-dealkylation sites (tertiary alicyclic amines) is 1. The zero-order valence-corrected chi connectivity index (χ0v) is 21.7. The van der Waals surface area contributed by atoms with Gasteiger partial charge < -0.3 is 20.4 Å². The van der Waals surface area contributed by atoms with Gasteiger partial charge in [0.15, 0.2) is 0 Å². The van der Waals surface area contributed by atoms with Crippen LogP contribution in [0.2, 0.25) is 0 Å². The summed E-state index contributed by atoms with van der Waals surface area (Å²) in [6.07, 6.45) is 0.524. The minimum absolute atomic E-state index is 0.0525. The molecule has 0 saturated carbocycles. The molecular weight excluding hydrogens is 446 g/mol. The molecule has 186 valence electrons. The van der Waals surface area contributed by atoms with Gasteiger partial charge in [0, 0.05) is 26.7 Å². The third kappa shape index (κ3) is 5.12. The van der Waals surface area contributed by atoms with E-state index in [1.165, 1.54) is 11.9 Å². The van der Waals surface area contributed by atoms with Crippen LogP contribution in [-0.4, -0.2) is 93.9 Å². The van der Waals surface area contributed by atoms with Crippen LogP contribution >= 0.6 is 12.6 Å². The van der Waals surface area contributed by atoms with Crippen LogP contribution in [0.15, 0.2) is 0 Å². The normalized spacial score (nSPS) is 24.9. The van der Waals surface area contributed by atoms with Crippen molar-refractivity contribution in [3.8, 4) is 0 Å². The Hall–Kier alpha value is -2.30. The van der Waals surface area contributed by atoms with Crippen LogP contribution in [-0.2, 0) is 19.2 Å². The van der Waals surface area contributed by atoms with Gasteiger partial charge in [-0.25, -0.2) is 4.79 Å². The molecule has 2 saturated heterocycles. The van der Waals surface area contributed by atoms with Crippen molar-refractivity contribution in [3.63, 3.8) is 0 Å². The van der Waals surface area contributed by atoms with Crippen LogP contribution in [0.3, 0.4) is 0 Å². The molecule has 1 unspecified atom stereocenters. The van der Waals surface area contributed by atoms with E-state index in [4.69, 9.17) is 0 Å². The van der Waals surface area contributed by atoms with E-state index in [1.54, 1.807) is 25.8 Å². The molecule has 0 bridgehead atoms. The van der Waals surface area contributed by atoms with Gasteiger partial charge in [-0.05, 0) is 39.0 Å². The summed E-state index contributed by atoms with van der Waals surface area (Å²) in [5, 5.41) is 4.55. The molecule has 2 rings (SSSR count). The minimum Gasteiger partial charge on any atom is -0.357 e. The third-order valence-electron chi connectivity index (χ3n) is 6.57. The fraction of sp³-hybridized carbons (Fsp3) is 0.773. The first-order chi connectivity index (χ1) is 15.0. The summed E-state index contributed by atoms with van der Waals surface area (Å²) >= 11 is 4.34. The zero-order chi connectivity index (χ0) is 25.5. The number of carbonyl (C=O) groups excluding carboxylic acids is 5. The standard InChI is InChI=1S/C22H37N5O5S/c1-12-11-13(18(30)27(12)15(17(29)23-7)21(2,3)4)24-16(28)14(33)9-10-26-19(31)22(5,6)25(8)20(26)32/h12-15,33H,9-11H2,1-8H3,(H,23,29)(H,24,28)/t12?,13-,14-,15+/m0/s1. The SMILES string of the molecule is CNC(=O)[C@@H](N1C(=O)[C@@H](NC(=O)[C@@H](S)CCN2C(=O)N(C)C(C)(C)C2=O)CC1C)C(C)(C)C. The van der Waals surface area contributed by atoms with E-state index in [0.29, 0.717) is 6.42 Å². The number of urea groups is 1. The summed E-state index contributed by atoms with van der Waals surface area (Å²) in [6, 6.07) is -2.09. The number of hydrogen-bond donors (Lipinski definition) is 3. The number of carbonyl (C=O) groups is 5. The molecular formula is C22H37N5O5S. The zero-order valence-electron chi connectivity index (χ0n) is 20.8. The summed E-state index contributed by atoms with van der Waals surface area (Å²) < 4.78 is 0. The number of nitrogens with one attached hydrogen (secondary N) is 2. The number of amides is 6. The monoisotopic (exact) mass is 483 g/mol. The van der Waals surface area contributed by atoms with Gasteiger partial charge in [-0.15, -0.1) is 0 Å². The number of imide groups is 1. The van der Waals surface area contributed by atoms with Crippen molar-refractivity contribution in [1.82, 2.24) is 25.3 Å². The molecule has 0 radical (unpaired) electrons. The van der Waals surface area contributed by atoms with E-state index in [-0.39, 0.29) is 36.7 Å². The van der Waals surface area contributed by atoms with Gasteiger partial charge in [0.05, 0.1) is 5.25 Å². The van der Waals surface area contributed by atoms with Crippen LogP contribution in [0.1, 0.15) is 54.4 Å². The van der Waals surface area contributed by atoms with Gasteiger partial charge in [-0.1, -0.05) is 20.8 Å². The fourth-order valence-corrected chi connectivity index (χ4v) is 4.55. The first-order valence-electron chi connectivity index (χ1n) is 11.2. The van der Waals surface area contributed by atoms with Crippen molar-refractivity contribution in [2.24, 2.45) is 5.41 Å².